The highest BCUT2D eigenvalue weighted by Crippen LogP contribution is 2.62. The van der Waals surface area contributed by atoms with Crippen LogP contribution in [0.2, 0.25) is 0 Å². The van der Waals surface area contributed by atoms with Gasteiger partial charge in [-0.15, -0.1) is 0 Å². The summed E-state index contributed by atoms with van der Waals surface area (Å²) in [5, 5.41) is 3.19. The molecule has 4 aliphatic carbocycles. The lowest BCUT2D eigenvalue weighted by atomic mass is 9.99. The molecule has 4 saturated carbocycles. The van der Waals surface area contributed by atoms with Gasteiger partial charge in [-0.2, -0.15) is 0 Å². The standard InChI is InChI=1S/C38H52O4P2/c1-5-13-27(14-6-1)43(28-15-7-2-8-16-28)33-23-21-31-37(41-25-39-31)35(33)36-34(24-22-32-38(36)42-26-40-32)44(29-17-9-3-10-18-29)30-19-11-4-12-20-30/h21-24,27-30H,1-20,25-26H2. The van der Waals surface area contributed by atoms with E-state index in [0.717, 1.165) is 45.6 Å². The van der Waals surface area contributed by atoms with Crippen LogP contribution in [0.15, 0.2) is 24.3 Å². The van der Waals surface area contributed by atoms with Gasteiger partial charge in [-0.3, -0.25) is 0 Å². The Balaban J connectivity index is 1.34. The van der Waals surface area contributed by atoms with Crippen LogP contribution in [0, 0.1) is 0 Å². The third-order valence-electron chi connectivity index (χ3n) is 11.7. The zero-order valence-corrected chi connectivity index (χ0v) is 28.5. The fraction of sp³-hybridized carbons (Fsp3) is 0.684. The van der Waals surface area contributed by atoms with E-state index in [1.807, 2.05) is 0 Å². The average molecular weight is 635 g/mol. The first-order chi connectivity index (χ1) is 21.9. The molecule has 238 valence electrons. The molecule has 44 heavy (non-hydrogen) atoms. The molecule has 0 radical (unpaired) electrons. The first kappa shape index (κ1) is 29.9. The Kier molecular flexibility index (Phi) is 9.30. The lowest BCUT2D eigenvalue weighted by Crippen LogP contribution is -2.30. The maximum atomic E-state index is 6.53. The molecule has 0 spiro atoms. The number of ether oxygens (including phenoxy) is 4. The van der Waals surface area contributed by atoms with E-state index in [1.165, 1.54) is 140 Å². The molecule has 4 fully saturated rings. The van der Waals surface area contributed by atoms with Crippen LogP contribution in [0.3, 0.4) is 0 Å². The minimum absolute atomic E-state index is 0.318. The molecule has 2 aliphatic heterocycles. The number of rotatable bonds is 7. The Hall–Kier alpha value is -1.50. The van der Waals surface area contributed by atoms with Gasteiger partial charge in [-0.05, 0) is 109 Å². The summed E-state index contributed by atoms with van der Waals surface area (Å²) in [4.78, 5) is 0. The zero-order valence-electron chi connectivity index (χ0n) is 26.7. The van der Waals surface area contributed by atoms with E-state index < -0.39 is 0 Å². The summed E-state index contributed by atoms with van der Waals surface area (Å²) in [7, 11) is -0.670. The first-order valence-electron chi connectivity index (χ1n) is 18.3. The number of hydrogen-bond donors (Lipinski definition) is 0. The van der Waals surface area contributed by atoms with Crippen molar-refractivity contribution < 1.29 is 18.9 Å². The van der Waals surface area contributed by atoms with Gasteiger partial charge in [0.05, 0.1) is 0 Å². The molecule has 0 unspecified atom stereocenters. The Labute approximate surface area is 267 Å². The summed E-state index contributed by atoms with van der Waals surface area (Å²) >= 11 is 0. The monoisotopic (exact) mass is 634 g/mol. The molecule has 0 saturated heterocycles. The minimum Gasteiger partial charge on any atom is -0.454 e. The molecular weight excluding hydrogens is 582 g/mol. The smallest absolute Gasteiger partial charge is 0.231 e. The minimum atomic E-state index is -0.335. The van der Waals surface area contributed by atoms with Crippen LogP contribution in [-0.2, 0) is 0 Å². The molecular formula is C38H52O4P2. The van der Waals surface area contributed by atoms with Crippen molar-refractivity contribution in [1.82, 2.24) is 0 Å². The molecule has 4 nitrogen and oxygen atoms in total. The van der Waals surface area contributed by atoms with Gasteiger partial charge in [-0.25, -0.2) is 0 Å². The van der Waals surface area contributed by atoms with Crippen LogP contribution in [0.4, 0.5) is 0 Å². The average Bonchev–Trinajstić information content (AvgIpc) is 3.77. The van der Waals surface area contributed by atoms with Gasteiger partial charge in [0.15, 0.2) is 23.0 Å². The molecule has 2 aromatic rings. The van der Waals surface area contributed by atoms with Crippen molar-refractivity contribution in [2.24, 2.45) is 0 Å². The SMILES string of the molecule is c1cc(P(C2CCCCC2)C2CCCCC2)c(-c2c(P(C3CCCCC3)C3CCCCC3)ccc3c2OCO3)c2c1OCO2. The second-order valence-corrected chi connectivity index (χ2v) is 19.9. The summed E-state index contributed by atoms with van der Waals surface area (Å²) < 4.78 is 25.4. The van der Waals surface area contributed by atoms with E-state index >= 15 is 0 Å². The molecule has 8 rings (SSSR count). The van der Waals surface area contributed by atoms with Crippen molar-refractivity contribution >= 4 is 26.5 Å². The number of hydrogen-bond acceptors (Lipinski definition) is 4. The van der Waals surface area contributed by atoms with Gasteiger partial charge in [-0.1, -0.05) is 92.9 Å². The lowest BCUT2D eigenvalue weighted by molar-refractivity contribution is 0.173. The summed E-state index contributed by atoms with van der Waals surface area (Å²) in [5.41, 5.74) is 5.96. The fourth-order valence-electron chi connectivity index (χ4n) is 9.66. The Bertz CT molecular complexity index is 1150. The highest BCUT2D eigenvalue weighted by molar-refractivity contribution is 7.68. The van der Waals surface area contributed by atoms with Crippen LogP contribution in [0.1, 0.15) is 128 Å². The van der Waals surface area contributed by atoms with Gasteiger partial charge < -0.3 is 18.9 Å². The predicted octanol–water partition coefficient (Wildman–Crippen LogP) is 10.4. The van der Waals surface area contributed by atoms with Crippen molar-refractivity contribution in [3.8, 4) is 34.1 Å². The van der Waals surface area contributed by atoms with Gasteiger partial charge in [0, 0.05) is 11.1 Å². The number of benzene rings is 2. The third kappa shape index (κ3) is 5.79. The van der Waals surface area contributed by atoms with Crippen molar-refractivity contribution in [3.63, 3.8) is 0 Å². The maximum Gasteiger partial charge on any atom is 0.231 e. The van der Waals surface area contributed by atoms with Gasteiger partial charge in [0.1, 0.15) is 0 Å². The quantitative estimate of drug-likeness (QED) is 0.284. The normalized spacial score (nSPS) is 23.6. The Morgan fingerprint density at radius 3 is 1.02 bits per heavy atom. The molecule has 0 N–H and O–H groups in total. The summed E-state index contributed by atoms with van der Waals surface area (Å²) in [6.45, 7) is 0.636. The van der Waals surface area contributed by atoms with Crippen LogP contribution in [0.5, 0.6) is 23.0 Å². The van der Waals surface area contributed by atoms with E-state index in [-0.39, 0.29) is 15.8 Å². The third-order valence-corrected chi connectivity index (χ3v) is 18.8. The highest BCUT2D eigenvalue weighted by atomic mass is 31.1. The zero-order chi connectivity index (χ0) is 29.3. The molecule has 6 heteroatoms. The highest BCUT2D eigenvalue weighted by Gasteiger charge is 2.41. The van der Waals surface area contributed by atoms with E-state index in [1.54, 1.807) is 10.6 Å². The Morgan fingerprint density at radius 1 is 0.386 bits per heavy atom. The van der Waals surface area contributed by atoms with Crippen LogP contribution in [-0.4, -0.2) is 36.2 Å². The van der Waals surface area contributed by atoms with E-state index in [2.05, 4.69) is 24.3 Å². The molecule has 0 aromatic heterocycles. The van der Waals surface area contributed by atoms with E-state index in [0.29, 0.717) is 13.6 Å². The van der Waals surface area contributed by atoms with Crippen LogP contribution >= 0.6 is 15.8 Å². The van der Waals surface area contributed by atoms with Crippen molar-refractivity contribution in [3.05, 3.63) is 24.3 Å². The molecule has 0 atom stereocenters. The molecule has 6 aliphatic rings. The van der Waals surface area contributed by atoms with Gasteiger partial charge in [0.2, 0.25) is 13.6 Å². The summed E-state index contributed by atoms with van der Waals surface area (Å²) in [5.74, 6) is 3.84. The van der Waals surface area contributed by atoms with Gasteiger partial charge >= 0.3 is 0 Å². The second kappa shape index (κ2) is 13.7. The summed E-state index contributed by atoms with van der Waals surface area (Å²) in [6, 6.07) is 9.52. The van der Waals surface area contributed by atoms with Crippen molar-refractivity contribution in [2.45, 2.75) is 151 Å². The van der Waals surface area contributed by atoms with E-state index in [9.17, 15) is 0 Å². The largest absolute Gasteiger partial charge is 0.454 e. The maximum absolute atomic E-state index is 6.53. The van der Waals surface area contributed by atoms with Gasteiger partial charge in [0.25, 0.3) is 0 Å². The topological polar surface area (TPSA) is 36.9 Å². The van der Waals surface area contributed by atoms with E-state index in [4.69, 9.17) is 18.9 Å². The van der Waals surface area contributed by atoms with Crippen LogP contribution in [0.25, 0.3) is 11.1 Å². The number of fused-ring (bicyclic) bond motifs is 2. The fourth-order valence-corrected chi connectivity index (χ4v) is 17.5. The molecule has 2 aromatic carbocycles. The molecule has 2 heterocycles. The second-order valence-electron chi connectivity index (χ2n) is 14.4. The van der Waals surface area contributed by atoms with Crippen LogP contribution < -0.4 is 29.6 Å². The lowest BCUT2D eigenvalue weighted by Gasteiger charge is -2.41. The van der Waals surface area contributed by atoms with Crippen molar-refractivity contribution in [1.29, 1.82) is 0 Å². The Morgan fingerprint density at radius 2 is 0.705 bits per heavy atom. The predicted molar refractivity (Wildman–Crippen MR) is 185 cm³/mol. The first-order valence-corrected chi connectivity index (χ1v) is 21.2. The molecule has 0 bridgehead atoms. The van der Waals surface area contributed by atoms with Crippen molar-refractivity contribution in [2.75, 3.05) is 13.6 Å². The summed E-state index contributed by atoms with van der Waals surface area (Å²) in [6.07, 6.45) is 28.0. The molecule has 0 amide bonds.